The molecule has 6 rings (SSSR count). The summed E-state index contributed by atoms with van der Waals surface area (Å²) < 4.78 is 11.1. The van der Waals surface area contributed by atoms with E-state index >= 15 is 0 Å². The summed E-state index contributed by atoms with van der Waals surface area (Å²) in [6.45, 7) is 3.04. The normalized spacial score (nSPS) is 13.7. The predicted octanol–water partition coefficient (Wildman–Crippen LogP) is 4.73. The molecule has 1 amide bonds. The van der Waals surface area contributed by atoms with E-state index in [0.29, 0.717) is 24.2 Å². The molecule has 1 fully saturated rings. The van der Waals surface area contributed by atoms with Crippen molar-refractivity contribution in [3.8, 4) is 28.6 Å². The molecule has 0 aliphatic carbocycles. The Morgan fingerprint density at radius 3 is 2.50 bits per heavy atom. The highest BCUT2D eigenvalue weighted by Gasteiger charge is 2.22. The summed E-state index contributed by atoms with van der Waals surface area (Å²) in [6, 6.07) is 23.8. The minimum atomic E-state index is 0.0763. The van der Waals surface area contributed by atoms with Crippen molar-refractivity contribution in [2.24, 2.45) is 0 Å². The number of methoxy groups -OCH3 is 1. The molecule has 0 atom stereocenters. The van der Waals surface area contributed by atoms with Crippen LogP contribution in [0.3, 0.4) is 0 Å². The first-order valence-corrected chi connectivity index (χ1v) is 13.3. The van der Waals surface area contributed by atoms with Crippen LogP contribution >= 0.6 is 11.8 Å². The van der Waals surface area contributed by atoms with Crippen molar-refractivity contribution in [3.05, 3.63) is 72.8 Å². The van der Waals surface area contributed by atoms with Crippen LogP contribution in [0.4, 0.5) is 5.69 Å². The molecule has 1 N–H and O–H groups in total. The number of aromatic amines is 1. The number of carbonyl (C=O) groups excluding carboxylic acids is 1. The molecule has 1 aliphatic rings. The number of hydrogen-bond donors (Lipinski definition) is 1. The molecular formula is C28H26N6O3S. The van der Waals surface area contributed by atoms with E-state index < -0.39 is 0 Å². The third-order valence-corrected chi connectivity index (χ3v) is 7.37. The summed E-state index contributed by atoms with van der Waals surface area (Å²) in [7, 11) is 1.64. The van der Waals surface area contributed by atoms with Crippen molar-refractivity contribution >= 4 is 34.4 Å². The molecule has 0 unspecified atom stereocenters. The fourth-order valence-electron chi connectivity index (χ4n) is 4.48. The lowest BCUT2D eigenvalue weighted by Crippen LogP contribution is -2.49. The number of nitrogens with one attached hydrogen (secondary N) is 1. The Morgan fingerprint density at radius 1 is 0.974 bits per heavy atom. The second-order valence-corrected chi connectivity index (χ2v) is 9.84. The monoisotopic (exact) mass is 526 g/mol. The number of imidazole rings is 1. The summed E-state index contributed by atoms with van der Waals surface area (Å²) in [6.07, 6.45) is 0. The maximum atomic E-state index is 12.8. The largest absolute Gasteiger partial charge is 0.497 e. The van der Waals surface area contributed by atoms with E-state index in [4.69, 9.17) is 9.15 Å². The van der Waals surface area contributed by atoms with Gasteiger partial charge in [0.1, 0.15) is 11.6 Å². The van der Waals surface area contributed by atoms with Gasteiger partial charge in [0.15, 0.2) is 0 Å². The van der Waals surface area contributed by atoms with E-state index in [1.54, 1.807) is 7.11 Å². The third-order valence-electron chi connectivity index (χ3n) is 6.57. The van der Waals surface area contributed by atoms with Crippen LogP contribution in [0.15, 0.2) is 82.4 Å². The summed E-state index contributed by atoms with van der Waals surface area (Å²) in [5.41, 5.74) is 4.64. The van der Waals surface area contributed by atoms with Crippen LogP contribution in [-0.4, -0.2) is 70.0 Å². The van der Waals surface area contributed by atoms with Crippen molar-refractivity contribution in [2.75, 3.05) is 43.9 Å². The Hall–Kier alpha value is -4.31. The first-order chi connectivity index (χ1) is 18.7. The number of nitrogens with zero attached hydrogens (tertiary/aromatic N) is 5. The molecule has 9 nitrogen and oxygen atoms in total. The number of anilines is 1. The Balaban J connectivity index is 1.07. The van der Waals surface area contributed by atoms with Gasteiger partial charge in [0.05, 0.1) is 23.9 Å². The first kappa shape index (κ1) is 24.1. The van der Waals surface area contributed by atoms with E-state index in [-0.39, 0.29) is 11.7 Å². The molecule has 38 heavy (non-hydrogen) atoms. The summed E-state index contributed by atoms with van der Waals surface area (Å²) in [5, 5.41) is 8.71. The molecule has 0 saturated carbocycles. The van der Waals surface area contributed by atoms with Crippen LogP contribution in [0.5, 0.6) is 5.75 Å². The van der Waals surface area contributed by atoms with Gasteiger partial charge in [-0.2, -0.15) is 0 Å². The number of amides is 1. The quantitative estimate of drug-likeness (QED) is 0.304. The summed E-state index contributed by atoms with van der Waals surface area (Å²) in [5.74, 6) is 2.30. The van der Waals surface area contributed by atoms with Gasteiger partial charge < -0.3 is 23.9 Å². The average Bonchev–Trinajstić information content (AvgIpc) is 3.63. The van der Waals surface area contributed by atoms with Crippen molar-refractivity contribution in [1.29, 1.82) is 0 Å². The molecule has 10 heteroatoms. The van der Waals surface area contributed by atoms with E-state index in [1.165, 1.54) is 17.4 Å². The van der Waals surface area contributed by atoms with Crippen LogP contribution in [-0.2, 0) is 4.79 Å². The highest BCUT2D eigenvalue weighted by Crippen LogP contribution is 2.28. The van der Waals surface area contributed by atoms with Gasteiger partial charge in [0.2, 0.25) is 11.8 Å². The molecule has 0 spiro atoms. The molecule has 0 bridgehead atoms. The SMILES string of the molecule is COc1ccc(-c2nc3ccc(-c4nnc(SCC(=O)N5CCN(c6ccccc6)CC5)o4)cc3[nH]2)cc1. The van der Waals surface area contributed by atoms with Gasteiger partial charge in [-0.1, -0.05) is 30.0 Å². The van der Waals surface area contributed by atoms with Gasteiger partial charge in [0.25, 0.3) is 5.22 Å². The molecule has 1 saturated heterocycles. The smallest absolute Gasteiger partial charge is 0.277 e. The second kappa shape index (κ2) is 10.6. The zero-order valence-corrected chi connectivity index (χ0v) is 21.6. The Morgan fingerprint density at radius 2 is 1.74 bits per heavy atom. The molecule has 5 aromatic rings. The first-order valence-electron chi connectivity index (χ1n) is 12.3. The van der Waals surface area contributed by atoms with Gasteiger partial charge in [-0.05, 0) is 54.6 Å². The number of thioether (sulfide) groups is 1. The van der Waals surface area contributed by atoms with Crippen LogP contribution < -0.4 is 9.64 Å². The Bertz CT molecular complexity index is 1540. The lowest BCUT2D eigenvalue weighted by molar-refractivity contribution is -0.128. The fourth-order valence-corrected chi connectivity index (χ4v) is 5.15. The topological polar surface area (TPSA) is 100 Å². The minimum Gasteiger partial charge on any atom is -0.497 e. The lowest BCUT2D eigenvalue weighted by atomic mass is 10.2. The minimum absolute atomic E-state index is 0.0763. The lowest BCUT2D eigenvalue weighted by Gasteiger charge is -2.36. The van der Waals surface area contributed by atoms with Gasteiger partial charge in [-0.15, -0.1) is 10.2 Å². The van der Waals surface area contributed by atoms with Gasteiger partial charge in [-0.25, -0.2) is 4.98 Å². The van der Waals surface area contributed by atoms with Crippen molar-refractivity contribution in [1.82, 2.24) is 25.1 Å². The number of aromatic nitrogens is 4. The number of piperazine rings is 1. The highest BCUT2D eigenvalue weighted by molar-refractivity contribution is 7.99. The second-order valence-electron chi connectivity index (χ2n) is 8.91. The molecule has 192 valence electrons. The zero-order chi connectivity index (χ0) is 25.9. The number of carbonyl (C=O) groups is 1. The predicted molar refractivity (Wildman–Crippen MR) is 147 cm³/mol. The van der Waals surface area contributed by atoms with Crippen LogP contribution in [0.2, 0.25) is 0 Å². The number of fused-ring (bicyclic) bond motifs is 1. The van der Waals surface area contributed by atoms with Crippen molar-refractivity contribution in [2.45, 2.75) is 5.22 Å². The molecule has 2 aromatic heterocycles. The van der Waals surface area contributed by atoms with Gasteiger partial charge >= 0.3 is 0 Å². The molecule has 3 heterocycles. The zero-order valence-electron chi connectivity index (χ0n) is 20.8. The van der Waals surface area contributed by atoms with E-state index in [2.05, 4.69) is 37.2 Å². The average molecular weight is 527 g/mol. The van der Waals surface area contributed by atoms with Crippen molar-refractivity contribution in [3.63, 3.8) is 0 Å². The molecule has 0 radical (unpaired) electrons. The van der Waals surface area contributed by atoms with Gasteiger partial charge in [-0.3, -0.25) is 4.79 Å². The van der Waals surface area contributed by atoms with Gasteiger partial charge in [0, 0.05) is 43.0 Å². The third kappa shape index (κ3) is 5.08. The van der Waals surface area contributed by atoms with Crippen LogP contribution in [0.1, 0.15) is 0 Å². The Kier molecular flexibility index (Phi) is 6.70. The maximum Gasteiger partial charge on any atom is 0.277 e. The molecule has 3 aromatic carbocycles. The maximum absolute atomic E-state index is 12.8. The number of hydrogen-bond acceptors (Lipinski definition) is 8. The summed E-state index contributed by atoms with van der Waals surface area (Å²) >= 11 is 1.27. The van der Waals surface area contributed by atoms with Crippen LogP contribution in [0.25, 0.3) is 33.9 Å². The van der Waals surface area contributed by atoms with E-state index in [0.717, 1.165) is 46.8 Å². The summed E-state index contributed by atoms with van der Waals surface area (Å²) in [4.78, 5) is 25.0. The van der Waals surface area contributed by atoms with E-state index in [9.17, 15) is 4.79 Å². The number of ether oxygens (including phenoxy) is 1. The van der Waals surface area contributed by atoms with Crippen molar-refractivity contribution < 1.29 is 13.9 Å². The van der Waals surface area contributed by atoms with Crippen LogP contribution in [0, 0.1) is 0 Å². The Labute approximate surface area is 223 Å². The number of rotatable bonds is 7. The standard InChI is InChI=1S/C28H26N6O3S/c1-36-22-10-7-19(8-11-22)26-29-23-12-9-20(17-24(23)30-26)27-31-32-28(37-27)38-18-25(35)34-15-13-33(14-16-34)21-5-3-2-4-6-21/h2-12,17H,13-16,18H2,1H3,(H,29,30). The number of benzene rings is 3. The highest BCUT2D eigenvalue weighted by atomic mass is 32.2. The number of H-pyrrole nitrogens is 1. The fraction of sp³-hybridized carbons (Fsp3) is 0.214. The number of para-hydroxylation sites is 1. The van der Waals surface area contributed by atoms with E-state index in [1.807, 2.05) is 65.6 Å². The molecular weight excluding hydrogens is 500 g/mol. The molecule has 1 aliphatic heterocycles.